The fourth-order valence-corrected chi connectivity index (χ4v) is 7.64. The first-order valence-electron chi connectivity index (χ1n) is 21.6. The molecule has 1 aliphatic rings. The normalized spacial score (nSPS) is 17.2. The minimum atomic E-state index is -2.58. The van der Waals surface area contributed by atoms with Crippen LogP contribution < -0.4 is 20.7 Å². The lowest BCUT2D eigenvalue weighted by Gasteiger charge is -2.40. The molecule has 0 bridgehead atoms. The van der Waals surface area contributed by atoms with E-state index in [-0.39, 0.29) is 48.8 Å². The zero-order chi connectivity index (χ0) is 48.2. The Morgan fingerprint density at radius 1 is 0.706 bits per heavy atom. The molecule has 0 spiro atoms. The van der Waals surface area contributed by atoms with Gasteiger partial charge in [0.05, 0.1) is 20.3 Å². The van der Waals surface area contributed by atoms with Crippen LogP contribution in [0.3, 0.4) is 0 Å². The van der Waals surface area contributed by atoms with Crippen LogP contribution in [-0.2, 0) is 42.6 Å². The van der Waals surface area contributed by atoms with Crippen LogP contribution in [0.1, 0.15) is 40.7 Å². The summed E-state index contributed by atoms with van der Waals surface area (Å²) >= 11 is 0. The number of benzene rings is 6. The van der Waals surface area contributed by atoms with Gasteiger partial charge in [-0.05, 0) is 94.4 Å². The summed E-state index contributed by atoms with van der Waals surface area (Å²) in [7, 11) is 1.38. The van der Waals surface area contributed by atoms with Gasteiger partial charge < -0.3 is 45.5 Å². The van der Waals surface area contributed by atoms with Crippen LogP contribution in [-0.4, -0.2) is 57.8 Å². The Labute approximate surface area is 391 Å². The molecule has 68 heavy (non-hydrogen) atoms. The molecule has 0 aliphatic heterocycles. The highest BCUT2D eigenvalue weighted by atomic mass is 19.1. The molecule has 6 aromatic rings. The molecular formula is C54H49F2N3O9. The molecule has 2 unspecified atom stereocenters. The van der Waals surface area contributed by atoms with Crippen molar-refractivity contribution < 1.29 is 52.7 Å². The number of carbonyl (C=O) groups is 3. The van der Waals surface area contributed by atoms with Gasteiger partial charge in [-0.25, -0.2) is 8.78 Å². The molecule has 12 nitrogen and oxygen atoms in total. The first-order chi connectivity index (χ1) is 32.8. The Morgan fingerprint density at radius 2 is 1.22 bits per heavy atom. The number of ether oxygens (including phenoxy) is 3. The summed E-state index contributed by atoms with van der Waals surface area (Å²) in [6.07, 6.45) is 5.60. The second-order valence-electron chi connectivity index (χ2n) is 15.9. The highest BCUT2D eigenvalue weighted by Crippen LogP contribution is 2.38. The topological polar surface area (TPSA) is 176 Å². The lowest BCUT2D eigenvalue weighted by molar-refractivity contribution is -0.349. The predicted octanol–water partition coefficient (Wildman–Crippen LogP) is 7.85. The third-order valence-corrected chi connectivity index (χ3v) is 11.2. The van der Waals surface area contributed by atoms with Gasteiger partial charge in [0.2, 0.25) is 29.3 Å². The van der Waals surface area contributed by atoms with Crippen molar-refractivity contribution in [2.45, 2.75) is 49.2 Å². The lowest BCUT2D eigenvalue weighted by atomic mass is 9.77. The van der Waals surface area contributed by atoms with Crippen molar-refractivity contribution in [2.75, 3.05) is 12.4 Å². The Kier molecular flexibility index (Phi) is 15.4. The molecule has 0 heterocycles. The largest absolute Gasteiger partial charge is 0.504 e. The molecule has 7 rings (SSSR count). The van der Waals surface area contributed by atoms with E-state index >= 15 is 0 Å². The maximum atomic E-state index is 14.3. The van der Waals surface area contributed by atoms with Crippen molar-refractivity contribution in [2.24, 2.45) is 0 Å². The van der Waals surface area contributed by atoms with Crippen molar-refractivity contribution in [3.05, 3.63) is 233 Å². The number of amides is 3. The van der Waals surface area contributed by atoms with Crippen LogP contribution in [0.15, 0.2) is 194 Å². The smallest absolute Gasteiger partial charge is 0.246 e. The summed E-state index contributed by atoms with van der Waals surface area (Å²) in [6, 6.07) is 42.0. The van der Waals surface area contributed by atoms with Crippen LogP contribution in [0.25, 0.3) is 0 Å². The fraction of sp³-hybridized carbons (Fsp3) is 0.167. The zero-order valence-electron chi connectivity index (χ0n) is 36.9. The second kappa shape index (κ2) is 21.7. The van der Waals surface area contributed by atoms with E-state index in [4.69, 9.17) is 14.2 Å². The van der Waals surface area contributed by atoms with E-state index in [1.54, 1.807) is 0 Å². The molecule has 0 fully saturated rings. The molecule has 0 saturated heterocycles. The van der Waals surface area contributed by atoms with Crippen molar-refractivity contribution in [1.82, 2.24) is 10.6 Å². The highest BCUT2D eigenvalue weighted by molar-refractivity contribution is 5.99. The number of nitrogens with one attached hydrogen (secondary N) is 3. The van der Waals surface area contributed by atoms with Gasteiger partial charge in [0.25, 0.3) is 0 Å². The molecule has 6 N–H and O–H groups in total. The number of methoxy groups -OCH3 is 1. The molecule has 6 aromatic carbocycles. The summed E-state index contributed by atoms with van der Waals surface area (Å²) in [5.41, 5.74) is 2.51. The minimum absolute atomic E-state index is 0.171. The summed E-state index contributed by atoms with van der Waals surface area (Å²) in [5, 5.41) is 42.6. The van der Waals surface area contributed by atoms with Gasteiger partial charge in [-0.3, -0.25) is 14.4 Å². The third kappa shape index (κ3) is 11.6. The third-order valence-electron chi connectivity index (χ3n) is 11.2. The average Bonchev–Trinajstić information content (AvgIpc) is 3.35. The van der Waals surface area contributed by atoms with E-state index in [9.17, 15) is 38.5 Å². The number of allylic oxidation sites excluding steroid dienone is 3. The molecule has 348 valence electrons. The average molecular weight is 922 g/mol. The predicted molar refractivity (Wildman–Crippen MR) is 250 cm³/mol. The number of phenols is 1. The molecule has 0 radical (unpaired) electrons. The standard InChI is InChI=1S/C54H49F2N3O9/c1-66-48-28-26-45(33-47(48)60)57-51(63)46(27-30-50(62)59-54(40-11-5-2-6-12-40,41-13-7-3-8-14-41)42-15-9-4-10-16-42)58-49(61)29-21-37-31-32-52(64,67-35-38-17-22-43(55)23-18-38)53(65,34-37)68-36-39-19-24-44(56)25-20-39/h2-26,28-29,31-34,46,60,64-65H,27,30,35-36H2,1H3,(H,57,63)(H,58,61)(H,59,62)/b29-21+/t46-,52?,53?/m0/s1. The van der Waals surface area contributed by atoms with Crippen molar-refractivity contribution >= 4 is 23.4 Å². The number of phenolic OH excluding ortho intramolecular Hbond substituents is 1. The van der Waals surface area contributed by atoms with E-state index in [1.165, 1.54) is 86.0 Å². The van der Waals surface area contributed by atoms with Gasteiger partial charge in [-0.1, -0.05) is 121 Å². The van der Waals surface area contributed by atoms with E-state index in [0.717, 1.165) is 34.9 Å². The highest BCUT2D eigenvalue weighted by Gasteiger charge is 2.51. The van der Waals surface area contributed by atoms with Crippen LogP contribution in [0.2, 0.25) is 0 Å². The van der Waals surface area contributed by atoms with Crippen LogP contribution in [0, 0.1) is 11.6 Å². The summed E-state index contributed by atoms with van der Waals surface area (Å²) in [6.45, 7) is -0.575. The summed E-state index contributed by atoms with van der Waals surface area (Å²) in [5.74, 6) is -8.02. The Hall–Kier alpha value is -7.75. The van der Waals surface area contributed by atoms with Crippen molar-refractivity contribution in [1.29, 1.82) is 0 Å². The minimum Gasteiger partial charge on any atom is -0.504 e. The first kappa shape index (κ1) is 48.2. The van der Waals surface area contributed by atoms with Gasteiger partial charge in [0.1, 0.15) is 23.2 Å². The summed E-state index contributed by atoms with van der Waals surface area (Å²) < 4.78 is 44.0. The Bertz CT molecular complexity index is 2680. The maximum absolute atomic E-state index is 14.3. The Morgan fingerprint density at radius 3 is 1.72 bits per heavy atom. The molecule has 0 aromatic heterocycles. The van der Waals surface area contributed by atoms with Gasteiger partial charge in [0.15, 0.2) is 11.5 Å². The van der Waals surface area contributed by atoms with E-state index in [2.05, 4.69) is 16.0 Å². The van der Waals surface area contributed by atoms with E-state index < -0.39 is 52.5 Å². The van der Waals surface area contributed by atoms with Gasteiger partial charge in [-0.15, -0.1) is 0 Å². The number of hydrogen-bond acceptors (Lipinski definition) is 9. The fourth-order valence-electron chi connectivity index (χ4n) is 7.64. The molecule has 3 atom stereocenters. The molecular weight excluding hydrogens is 873 g/mol. The maximum Gasteiger partial charge on any atom is 0.246 e. The number of hydrogen-bond donors (Lipinski definition) is 6. The second-order valence-corrected chi connectivity index (χ2v) is 15.9. The van der Waals surface area contributed by atoms with E-state index in [1.807, 2.05) is 91.0 Å². The number of anilines is 1. The van der Waals surface area contributed by atoms with Crippen LogP contribution in [0.4, 0.5) is 14.5 Å². The van der Waals surface area contributed by atoms with Crippen LogP contribution in [0.5, 0.6) is 11.5 Å². The lowest BCUT2D eigenvalue weighted by Crippen LogP contribution is -2.56. The first-order valence-corrected chi connectivity index (χ1v) is 21.6. The van der Waals surface area contributed by atoms with Crippen molar-refractivity contribution in [3.63, 3.8) is 0 Å². The quantitative estimate of drug-likeness (QED) is 0.0269. The number of carbonyl (C=O) groups excluding carboxylic acids is 3. The molecule has 14 heteroatoms. The Balaban J connectivity index is 1.13. The molecule has 3 amide bonds. The molecule has 0 saturated carbocycles. The zero-order valence-corrected chi connectivity index (χ0v) is 36.9. The number of halogens is 2. The summed E-state index contributed by atoms with van der Waals surface area (Å²) in [4.78, 5) is 42.0. The van der Waals surface area contributed by atoms with E-state index in [0.29, 0.717) is 11.1 Å². The van der Waals surface area contributed by atoms with Crippen molar-refractivity contribution in [3.8, 4) is 11.5 Å². The van der Waals surface area contributed by atoms with Gasteiger partial charge in [0, 0.05) is 24.3 Å². The van der Waals surface area contributed by atoms with Crippen LogP contribution >= 0.6 is 0 Å². The number of rotatable bonds is 19. The number of aliphatic hydroxyl groups is 2. The van der Waals surface area contributed by atoms with Gasteiger partial charge >= 0.3 is 0 Å². The molecule has 1 aliphatic carbocycles. The number of aromatic hydroxyl groups is 1. The van der Waals surface area contributed by atoms with Gasteiger partial charge in [-0.2, -0.15) is 0 Å². The SMILES string of the molecule is COc1ccc(NC(=O)[C@H](CCC(=O)NC(c2ccccc2)(c2ccccc2)c2ccccc2)NC(=O)/C=C/C2=CC(O)(OCc3ccc(F)cc3)C(O)(OCc3ccc(F)cc3)C=C2)cc1O. The monoisotopic (exact) mass is 921 g/mol.